The number of alkyl halides is 1. The molecule has 0 radical (unpaired) electrons. The predicted molar refractivity (Wildman–Crippen MR) is 76.6 cm³/mol. The van der Waals surface area contributed by atoms with Gasteiger partial charge in [0.2, 0.25) is 10.0 Å². The quantitative estimate of drug-likeness (QED) is 0.758. The van der Waals surface area contributed by atoms with Gasteiger partial charge in [-0.1, -0.05) is 30.7 Å². The zero-order valence-electron chi connectivity index (χ0n) is 10.4. The second-order valence-electron chi connectivity index (χ2n) is 4.42. The number of sulfonamides is 1. The van der Waals surface area contributed by atoms with E-state index in [0.29, 0.717) is 17.4 Å². The highest BCUT2D eigenvalue weighted by Crippen LogP contribution is 2.14. The van der Waals surface area contributed by atoms with E-state index in [9.17, 15) is 8.42 Å². The van der Waals surface area contributed by atoms with E-state index in [1.54, 1.807) is 19.2 Å². The Hall–Kier alpha value is -0.290. The van der Waals surface area contributed by atoms with Crippen molar-refractivity contribution in [1.29, 1.82) is 0 Å². The number of hydrogen-bond acceptors (Lipinski definition) is 2. The maximum atomic E-state index is 12.0. The summed E-state index contributed by atoms with van der Waals surface area (Å²) in [7, 11) is -1.69. The maximum absolute atomic E-state index is 12.0. The van der Waals surface area contributed by atoms with Crippen LogP contribution in [0.2, 0.25) is 5.02 Å². The van der Waals surface area contributed by atoms with Gasteiger partial charge in [0.15, 0.2) is 0 Å². The molecule has 0 spiro atoms. The molecule has 1 rings (SSSR count). The van der Waals surface area contributed by atoms with E-state index in [1.165, 1.54) is 4.31 Å². The van der Waals surface area contributed by atoms with Gasteiger partial charge in [-0.15, -0.1) is 11.6 Å². The third-order valence-electron chi connectivity index (χ3n) is 2.55. The van der Waals surface area contributed by atoms with Gasteiger partial charge in [-0.05, 0) is 23.6 Å². The molecule has 0 aromatic heterocycles. The zero-order valence-corrected chi connectivity index (χ0v) is 12.8. The molecule has 6 heteroatoms. The van der Waals surface area contributed by atoms with Crippen LogP contribution in [0.15, 0.2) is 24.3 Å². The van der Waals surface area contributed by atoms with Gasteiger partial charge in [-0.25, -0.2) is 12.7 Å². The van der Waals surface area contributed by atoms with Crippen molar-refractivity contribution in [2.75, 3.05) is 18.7 Å². The molecular formula is C12H17Cl2NO2S. The number of benzene rings is 1. The van der Waals surface area contributed by atoms with E-state index in [1.807, 2.05) is 19.1 Å². The van der Waals surface area contributed by atoms with Crippen LogP contribution < -0.4 is 0 Å². The van der Waals surface area contributed by atoms with Crippen molar-refractivity contribution < 1.29 is 8.42 Å². The molecule has 0 amide bonds. The van der Waals surface area contributed by atoms with Crippen LogP contribution in [0, 0.1) is 5.92 Å². The summed E-state index contributed by atoms with van der Waals surface area (Å²) >= 11 is 11.4. The Morgan fingerprint density at radius 1 is 1.28 bits per heavy atom. The molecule has 0 fully saturated rings. The Morgan fingerprint density at radius 2 is 1.83 bits per heavy atom. The molecule has 1 aromatic carbocycles. The first-order valence-electron chi connectivity index (χ1n) is 5.59. The lowest BCUT2D eigenvalue weighted by Gasteiger charge is -2.19. The highest BCUT2D eigenvalue weighted by Gasteiger charge is 2.20. The van der Waals surface area contributed by atoms with Gasteiger partial charge in [-0.2, -0.15) is 0 Å². The summed E-state index contributed by atoms with van der Waals surface area (Å²) in [6.45, 7) is 2.16. The average Bonchev–Trinajstić information content (AvgIpc) is 2.31. The zero-order chi connectivity index (χ0) is 13.8. The third-order valence-corrected chi connectivity index (χ3v) is 5.40. The second kappa shape index (κ2) is 6.75. The van der Waals surface area contributed by atoms with E-state index in [-0.39, 0.29) is 11.7 Å². The smallest absolute Gasteiger partial charge is 0.212 e. The van der Waals surface area contributed by atoms with Gasteiger partial charge in [0.05, 0.1) is 5.75 Å². The molecule has 102 valence electrons. The lowest BCUT2D eigenvalue weighted by atomic mass is 10.2. The standard InChI is InChI=1S/C12H17Cl2NO2S/c1-10(7-13)9-18(16,17)15(2)8-11-3-5-12(14)6-4-11/h3-6,10H,7-9H2,1-2H3. The van der Waals surface area contributed by atoms with Crippen molar-refractivity contribution in [2.45, 2.75) is 13.5 Å². The normalized spacial score (nSPS) is 13.8. The van der Waals surface area contributed by atoms with Crippen LogP contribution in [0.4, 0.5) is 0 Å². The molecule has 3 nitrogen and oxygen atoms in total. The second-order valence-corrected chi connectivity index (χ2v) is 7.29. The lowest BCUT2D eigenvalue weighted by molar-refractivity contribution is 0.460. The van der Waals surface area contributed by atoms with Crippen LogP contribution in [0.25, 0.3) is 0 Å². The number of hydrogen-bond donors (Lipinski definition) is 0. The number of nitrogens with zero attached hydrogens (tertiary/aromatic N) is 1. The Kier molecular flexibility index (Phi) is 5.92. The first-order chi connectivity index (χ1) is 8.35. The van der Waals surface area contributed by atoms with Gasteiger partial charge in [0.1, 0.15) is 0 Å². The largest absolute Gasteiger partial charge is 0.214 e. The van der Waals surface area contributed by atoms with Crippen molar-refractivity contribution in [1.82, 2.24) is 4.31 Å². The Balaban J connectivity index is 2.69. The van der Waals surface area contributed by atoms with Crippen LogP contribution >= 0.6 is 23.2 Å². The van der Waals surface area contributed by atoms with E-state index in [4.69, 9.17) is 23.2 Å². The predicted octanol–water partition coefficient (Wildman–Crippen LogP) is 2.98. The Labute approximate surface area is 119 Å². The Bertz CT molecular complexity index is 473. The molecule has 0 N–H and O–H groups in total. The highest BCUT2D eigenvalue weighted by atomic mass is 35.5. The minimum absolute atomic E-state index is 0.0515. The summed E-state index contributed by atoms with van der Waals surface area (Å²) in [6, 6.07) is 7.14. The highest BCUT2D eigenvalue weighted by molar-refractivity contribution is 7.89. The number of rotatable bonds is 6. The molecule has 0 saturated heterocycles. The minimum atomic E-state index is -3.26. The van der Waals surface area contributed by atoms with E-state index < -0.39 is 10.0 Å². The molecule has 1 aromatic rings. The molecule has 0 aliphatic heterocycles. The molecule has 0 heterocycles. The monoisotopic (exact) mass is 309 g/mol. The van der Waals surface area contributed by atoms with Crippen LogP contribution in [-0.4, -0.2) is 31.4 Å². The lowest BCUT2D eigenvalue weighted by Crippen LogP contribution is -2.31. The molecule has 1 unspecified atom stereocenters. The molecule has 0 aliphatic rings. The van der Waals surface area contributed by atoms with Crippen molar-refractivity contribution in [3.05, 3.63) is 34.9 Å². The summed E-state index contributed by atoms with van der Waals surface area (Å²) in [6.07, 6.45) is 0. The fraction of sp³-hybridized carbons (Fsp3) is 0.500. The first kappa shape index (κ1) is 15.8. The fourth-order valence-corrected chi connectivity index (χ4v) is 3.28. The minimum Gasteiger partial charge on any atom is -0.212 e. The molecule has 0 bridgehead atoms. The molecule has 0 saturated carbocycles. The van der Waals surface area contributed by atoms with Crippen LogP contribution in [0.3, 0.4) is 0 Å². The van der Waals surface area contributed by atoms with Crippen molar-refractivity contribution in [2.24, 2.45) is 5.92 Å². The van der Waals surface area contributed by atoms with Crippen LogP contribution in [0.1, 0.15) is 12.5 Å². The number of halogens is 2. The Morgan fingerprint density at radius 3 is 2.33 bits per heavy atom. The molecule has 0 aliphatic carbocycles. The topological polar surface area (TPSA) is 37.4 Å². The first-order valence-corrected chi connectivity index (χ1v) is 8.11. The van der Waals surface area contributed by atoms with Gasteiger partial charge in [0, 0.05) is 24.5 Å². The van der Waals surface area contributed by atoms with Gasteiger partial charge in [-0.3, -0.25) is 0 Å². The summed E-state index contributed by atoms with van der Waals surface area (Å²) in [4.78, 5) is 0. The third kappa shape index (κ3) is 4.76. The molecule has 18 heavy (non-hydrogen) atoms. The average molecular weight is 310 g/mol. The van der Waals surface area contributed by atoms with Gasteiger partial charge in [0.25, 0.3) is 0 Å². The van der Waals surface area contributed by atoms with Crippen molar-refractivity contribution in [3.8, 4) is 0 Å². The van der Waals surface area contributed by atoms with Gasteiger partial charge >= 0.3 is 0 Å². The van der Waals surface area contributed by atoms with E-state index >= 15 is 0 Å². The van der Waals surface area contributed by atoms with Crippen molar-refractivity contribution in [3.63, 3.8) is 0 Å². The summed E-state index contributed by atoms with van der Waals surface area (Å²) < 4.78 is 25.4. The van der Waals surface area contributed by atoms with Crippen LogP contribution in [-0.2, 0) is 16.6 Å². The van der Waals surface area contributed by atoms with Crippen LogP contribution in [0.5, 0.6) is 0 Å². The van der Waals surface area contributed by atoms with E-state index in [0.717, 1.165) is 5.56 Å². The summed E-state index contributed by atoms with van der Waals surface area (Å²) in [5.41, 5.74) is 0.906. The van der Waals surface area contributed by atoms with Crippen molar-refractivity contribution >= 4 is 33.2 Å². The SMILES string of the molecule is CC(CCl)CS(=O)(=O)N(C)Cc1ccc(Cl)cc1. The molecular weight excluding hydrogens is 293 g/mol. The maximum Gasteiger partial charge on any atom is 0.214 e. The van der Waals surface area contributed by atoms with E-state index in [2.05, 4.69) is 0 Å². The molecule has 1 atom stereocenters. The summed E-state index contributed by atoms with van der Waals surface area (Å²) in [5.74, 6) is 0.360. The fourth-order valence-electron chi connectivity index (χ4n) is 1.48. The van der Waals surface area contributed by atoms with Gasteiger partial charge < -0.3 is 0 Å². The summed E-state index contributed by atoms with van der Waals surface area (Å²) in [5, 5.41) is 0.639.